The number of hydrogen-bond acceptors (Lipinski definition) is 0. The Balaban J connectivity index is 3.23. The Labute approximate surface area is 95.8 Å². The molecule has 0 aliphatic rings. The van der Waals surface area contributed by atoms with E-state index in [1.54, 1.807) is 0 Å². The normalized spacial score (nSPS) is 12.4. The molecular formula is C15H26. The summed E-state index contributed by atoms with van der Waals surface area (Å²) in [5.41, 5.74) is 0. The molecule has 0 radical (unpaired) electrons. The molecule has 0 N–H and O–H groups in total. The Morgan fingerprint density at radius 2 is 1.53 bits per heavy atom. The molecule has 0 fully saturated rings. The molecule has 15 heavy (non-hydrogen) atoms. The van der Waals surface area contributed by atoms with Crippen LogP contribution in [0.5, 0.6) is 0 Å². The van der Waals surface area contributed by atoms with Crippen LogP contribution in [-0.4, -0.2) is 0 Å². The second kappa shape index (κ2) is 13.2. The lowest BCUT2D eigenvalue weighted by Gasteiger charge is -1.93. The molecule has 0 heteroatoms. The summed E-state index contributed by atoms with van der Waals surface area (Å²) >= 11 is 0. The molecule has 0 rings (SSSR count). The smallest absolute Gasteiger partial charge is 0.0166 e. The van der Waals surface area contributed by atoms with Crippen LogP contribution in [0.3, 0.4) is 0 Å². The van der Waals surface area contributed by atoms with Crippen LogP contribution in [0.2, 0.25) is 0 Å². The highest BCUT2D eigenvalue weighted by Crippen LogP contribution is 2.03. The topological polar surface area (TPSA) is 0 Å². The Bertz CT molecular complexity index is 184. The average molecular weight is 206 g/mol. The maximum absolute atomic E-state index is 2.31. The summed E-state index contributed by atoms with van der Waals surface area (Å²) in [5, 5.41) is 0. The number of unbranched alkanes of at least 4 members (excludes halogenated alkanes) is 4. The molecule has 0 aromatic heterocycles. The fourth-order valence-corrected chi connectivity index (χ4v) is 1.35. The minimum atomic E-state index is 1.07. The largest absolute Gasteiger partial charge is 0.0882 e. The lowest BCUT2D eigenvalue weighted by atomic mass is 10.1. The summed E-state index contributed by atoms with van der Waals surface area (Å²) in [7, 11) is 0. The van der Waals surface area contributed by atoms with Crippen LogP contribution < -0.4 is 0 Å². The van der Waals surface area contributed by atoms with Gasteiger partial charge in [0.25, 0.3) is 0 Å². The molecule has 0 heterocycles. The number of hydrogen-bond donors (Lipinski definition) is 0. The summed E-state index contributed by atoms with van der Waals surface area (Å²) in [6.45, 7) is 4.41. The van der Waals surface area contributed by atoms with E-state index in [1.807, 2.05) is 0 Å². The van der Waals surface area contributed by atoms with E-state index in [9.17, 15) is 0 Å². The van der Waals surface area contributed by atoms with Crippen LogP contribution in [0.25, 0.3) is 0 Å². The second-order valence-electron chi connectivity index (χ2n) is 3.82. The molecule has 0 nitrogen and oxygen atoms in total. The summed E-state index contributed by atoms with van der Waals surface area (Å²) in [5.74, 6) is 0. The van der Waals surface area contributed by atoms with Crippen molar-refractivity contribution in [3.8, 4) is 0 Å². The highest BCUT2D eigenvalue weighted by molar-refractivity contribution is 5.04. The van der Waals surface area contributed by atoms with Crippen molar-refractivity contribution in [2.75, 3.05) is 0 Å². The summed E-state index contributed by atoms with van der Waals surface area (Å²) in [4.78, 5) is 0. The molecule has 0 unspecified atom stereocenters. The van der Waals surface area contributed by atoms with Gasteiger partial charge in [-0.3, -0.25) is 0 Å². The van der Waals surface area contributed by atoms with Crippen LogP contribution in [-0.2, 0) is 0 Å². The fraction of sp³-hybridized carbons (Fsp3) is 0.600. The second-order valence-corrected chi connectivity index (χ2v) is 3.82. The first-order valence-electron chi connectivity index (χ1n) is 6.38. The van der Waals surface area contributed by atoms with Gasteiger partial charge in [-0.1, -0.05) is 69.6 Å². The third kappa shape index (κ3) is 13.2. The van der Waals surface area contributed by atoms with Gasteiger partial charge in [0.2, 0.25) is 0 Å². The zero-order chi connectivity index (χ0) is 11.2. The first kappa shape index (κ1) is 14.2. The van der Waals surface area contributed by atoms with Crippen molar-refractivity contribution in [3.05, 3.63) is 36.5 Å². The molecule has 86 valence electrons. The Morgan fingerprint density at radius 1 is 0.733 bits per heavy atom. The standard InChI is InChI=1S/C15H26/c1-3-5-7-9-11-13-15-14-12-10-8-6-4-2/h5,7,9,11,14-15H,3-4,6,8,10,12-13H2,1-2H3. The summed E-state index contributed by atoms with van der Waals surface area (Å²) in [6.07, 6.45) is 22.1. The Morgan fingerprint density at radius 3 is 2.27 bits per heavy atom. The van der Waals surface area contributed by atoms with Crippen molar-refractivity contribution in [1.82, 2.24) is 0 Å². The van der Waals surface area contributed by atoms with E-state index in [4.69, 9.17) is 0 Å². The number of allylic oxidation sites excluding steroid dienone is 6. The molecule has 0 bridgehead atoms. The van der Waals surface area contributed by atoms with Crippen LogP contribution in [0.15, 0.2) is 36.5 Å². The molecule has 0 spiro atoms. The van der Waals surface area contributed by atoms with Gasteiger partial charge >= 0.3 is 0 Å². The van der Waals surface area contributed by atoms with Gasteiger partial charge in [0.15, 0.2) is 0 Å². The molecule has 0 amide bonds. The maximum Gasteiger partial charge on any atom is -0.0166 e. The van der Waals surface area contributed by atoms with Crippen molar-refractivity contribution in [1.29, 1.82) is 0 Å². The first-order valence-corrected chi connectivity index (χ1v) is 6.38. The zero-order valence-corrected chi connectivity index (χ0v) is 10.4. The highest BCUT2D eigenvalue weighted by Gasteiger charge is 1.83. The molecule has 0 saturated heterocycles. The van der Waals surface area contributed by atoms with Gasteiger partial charge in [-0.15, -0.1) is 0 Å². The first-order chi connectivity index (χ1) is 7.41. The van der Waals surface area contributed by atoms with Crippen molar-refractivity contribution in [3.63, 3.8) is 0 Å². The van der Waals surface area contributed by atoms with Gasteiger partial charge in [0.05, 0.1) is 0 Å². The van der Waals surface area contributed by atoms with E-state index in [2.05, 4.69) is 50.3 Å². The predicted molar refractivity (Wildman–Crippen MR) is 71.1 cm³/mol. The molecular weight excluding hydrogens is 180 g/mol. The summed E-state index contributed by atoms with van der Waals surface area (Å²) in [6, 6.07) is 0. The van der Waals surface area contributed by atoms with Gasteiger partial charge in [-0.05, 0) is 25.7 Å². The highest BCUT2D eigenvalue weighted by atomic mass is 13.9. The minimum Gasteiger partial charge on any atom is -0.0882 e. The quantitative estimate of drug-likeness (QED) is 0.268. The SMILES string of the molecule is CCC=CC=CCC=CCCCCCC. The third-order valence-corrected chi connectivity index (χ3v) is 2.28. The lowest BCUT2D eigenvalue weighted by molar-refractivity contribution is 0.674. The third-order valence-electron chi connectivity index (χ3n) is 2.28. The van der Waals surface area contributed by atoms with Crippen molar-refractivity contribution in [2.24, 2.45) is 0 Å². The number of rotatable bonds is 9. The van der Waals surface area contributed by atoms with E-state index in [0.29, 0.717) is 0 Å². The maximum atomic E-state index is 2.31. The van der Waals surface area contributed by atoms with E-state index >= 15 is 0 Å². The van der Waals surface area contributed by atoms with Gasteiger partial charge in [-0.25, -0.2) is 0 Å². The van der Waals surface area contributed by atoms with Gasteiger partial charge in [0, 0.05) is 0 Å². The molecule has 0 saturated carbocycles. The van der Waals surface area contributed by atoms with E-state index in [0.717, 1.165) is 12.8 Å². The summed E-state index contributed by atoms with van der Waals surface area (Å²) < 4.78 is 0. The molecule has 0 aliphatic heterocycles. The monoisotopic (exact) mass is 206 g/mol. The molecule has 0 aliphatic carbocycles. The average Bonchev–Trinajstić information content (AvgIpc) is 2.26. The Kier molecular flexibility index (Phi) is 12.5. The Hall–Kier alpha value is -0.780. The molecule has 0 atom stereocenters. The van der Waals surface area contributed by atoms with Gasteiger partial charge in [-0.2, -0.15) is 0 Å². The molecule has 0 aromatic carbocycles. The van der Waals surface area contributed by atoms with Crippen molar-refractivity contribution < 1.29 is 0 Å². The van der Waals surface area contributed by atoms with Crippen LogP contribution in [0, 0.1) is 0 Å². The zero-order valence-electron chi connectivity index (χ0n) is 10.4. The van der Waals surface area contributed by atoms with Crippen LogP contribution in [0.4, 0.5) is 0 Å². The van der Waals surface area contributed by atoms with Crippen LogP contribution in [0.1, 0.15) is 58.8 Å². The van der Waals surface area contributed by atoms with E-state index < -0.39 is 0 Å². The van der Waals surface area contributed by atoms with Gasteiger partial charge in [0.1, 0.15) is 0 Å². The minimum absolute atomic E-state index is 1.07. The van der Waals surface area contributed by atoms with E-state index in [-0.39, 0.29) is 0 Å². The van der Waals surface area contributed by atoms with Crippen molar-refractivity contribution in [2.45, 2.75) is 58.8 Å². The van der Waals surface area contributed by atoms with Gasteiger partial charge < -0.3 is 0 Å². The van der Waals surface area contributed by atoms with Crippen LogP contribution >= 0.6 is 0 Å². The fourth-order valence-electron chi connectivity index (χ4n) is 1.35. The lowest BCUT2D eigenvalue weighted by Crippen LogP contribution is -1.73. The van der Waals surface area contributed by atoms with Crippen molar-refractivity contribution >= 4 is 0 Å². The predicted octanol–water partition coefficient (Wildman–Crippen LogP) is 5.43. The molecule has 0 aromatic rings. The van der Waals surface area contributed by atoms with E-state index in [1.165, 1.54) is 32.1 Å².